The normalized spacial score (nSPS) is 10.3. The van der Waals surface area contributed by atoms with Crippen LogP contribution in [0.5, 0.6) is 11.5 Å². The largest absolute Gasteiger partial charge is 0.508 e. The Morgan fingerprint density at radius 3 is 2.55 bits per heavy atom. The summed E-state index contributed by atoms with van der Waals surface area (Å²) in [6.07, 6.45) is 0. The van der Waals surface area contributed by atoms with Gasteiger partial charge in [-0.05, 0) is 33.7 Å². The van der Waals surface area contributed by atoms with Gasteiger partial charge in [-0.3, -0.25) is 0 Å². The van der Waals surface area contributed by atoms with Gasteiger partial charge in [0.1, 0.15) is 11.5 Å². The molecule has 11 heavy (non-hydrogen) atoms. The van der Waals surface area contributed by atoms with Crippen molar-refractivity contribution in [2.45, 2.75) is 0 Å². The summed E-state index contributed by atoms with van der Waals surface area (Å²) in [6.45, 7) is 0. The molecule has 1 aromatic carbocycles. The van der Waals surface area contributed by atoms with Gasteiger partial charge >= 0.3 is 0 Å². The van der Waals surface area contributed by atoms with Crippen LogP contribution in [-0.2, 0) is 0 Å². The van der Waals surface area contributed by atoms with Crippen molar-refractivity contribution in [3.8, 4) is 11.5 Å². The van der Waals surface area contributed by atoms with Crippen molar-refractivity contribution in [2.75, 3.05) is 0 Å². The quantitative estimate of drug-likeness (QED) is 0.723. The van der Waals surface area contributed by atoms with Crippen molar-refractivity contribution in [3.63, 3.8) is 0 Å². The first-order valence-corrected chi connectivity index (χ1v) is 4.17. The molecule has 1 rings (SSSR count). The topological polar surface area (TPSA) is 41.8 Å². The van der Waals surface area contributed by atoms with Crippen molar-refractivity contribution in [2.24, 2.45) is 4.52 Å². The van der Waals surface area contributed by atoms with E-state index in [1.54, 1.807) is 24.3 Å². The minimum atomic E-state index is 0.233. The summed E-state index contributed by atoms with van der Waals surface area (Å²) in [6, 6.07) is 6.48. The molecule has 0 aliphatic heterocycles. The Kier molecular flexibility index (Phi) is 3.28. The Morgan fingerprint density at radius 1 is 1.36 bits per heavy atom. The van der Waals surface area contributed by atoms with E-state index < -0.39 is 0 Å². The van der Waals surface area contributed by atoms with E-state index >= 15 is 0 Å². The molecule has 0 radical (unpaired) electrons. The highest BCUT2D eigenvalue weighted by atomic mass is 31.1. The van der Waals surface area contributed by atoms with Crippen LogP contribution in [0.2, 0.25) is 0 Å². The molecule has 0 saturated carbocycles. The monoisotopic (exact) mass is 187 g/mol. The highest BCUT2D eigenvalue weighted by molar-refractivity contribution is 7.31. The van der Waals surface area contributed by atoms with Gasteiger partial charge in [0.15, 0.2) is 0 Å². The summed E-state index contributed by atoms with van der Waals surface area (Å²) in [7, 11) is 2.73. The zero-order valence-electron chi connectivity index (χ0n) is 5.64. The summed E-state index contributed by atoms with van der Waals surface area (Å²) in [4.78, 5) is 0. The molecule has 58 valence electrons. The lowest BCUT2D eigenvalue weighted by Gasteiger charge is -1.95. The minimum Gasteiger partial charge on any atom is -0.508 e. The molecule has 1 aromatic rings. The fourth-order valence-electron chi connectivity index (χ4n) is 0.578. The average molecular weight is 187 g/mol. The van der Waals surface area contributed by atoms with E-state index in [0.717, 1.165) is 0 Å². The third-order valence-corrected chi connectivity index (χ3v) is 1.70. The van der Waals surface area contributed by atoms with Gasteiger partial charge in [0.2, 0.25) is 8.60 Å². The van der Waals surface area contributed by atoms with Crippen LogP contribution in [-0.4, -0.2) is 5.11 Å². The molecule has 0 bridgehead atoms. The van der Waals surface area contributed by atoms with E-state index in [1.807, 2.05) is 0 Å². The fourth-order valence-corrected chi connectivity index (χ4v) is 0.982. The van der Waals surface area contributed by atoms with Gasteiger partial charge in [0, 0.05) is 0 Å². The first kappa shape index (κ1) is 8.45. The maximum atomic E-state index is 8.90. The van der Waals surface area contributed by atoms with Crippen LogP contribution in [0.3, 0.4) is 0 Å². The number of aromatic hydroxyl groups is 1. The second-order valence-electron chi connectivity index (χ2n) is 1.78. The van der Waals surface area contributed by atoms with E-state index in [1.165, 1.54) is 0 Å². The summed E-state index contributed by atoms with van der Waals surface area (Å²) in [5.41, 5.74) is 0. The van der Waals surface area contributed by atoms with Crippen LogP contribution in [0.25, 0.3) is 0 Å². The van der Waals surface area contributed by atoms with Gasteiger partial charge in [0.05, 0.1) is 0 Å². The van der Waals surface area contributed by atoms with Gasteiger partial charge in [-0.25, -0.2) is 4.52 Å². The standard InChI is InChI=1S/C6H7NO2P2/c8-5-1-3-6(4-2-5)9-11-7-10/h1-4,8H,10H2. The van der Waals surface area contributed by atoms with E-state index in [9.17, 15) is 0 Å². The van der Waals surface area contributed by atoms with Crippen LogP contribution in [0.4, 0.5) is 0 Å². The zero-order chi connectivity index (χ0) is 8.10. The SMILES string of the molecule is Oc1ccc(OP=NP)cc1. The van der Waals surface area contributed by atoms with Crippen molar-refractivity contribution in [1.82, 2.24) is 0 Å². The van der Waals surface area contributed by atoms with E-state index in [2.05, 4.69) is 13.9 Å². The summed E-state index contributed by atoms with van der Waals surface area (Å²) < 4.78 is 8.74. The number of rotatable bonds is 2. The average Bonchev–Trinajstić information content (AvgIpc) is 2.04. The van der Waals surface area contributed by atoms with Crippen molar-refractivity contribution in [1.29, 1.82) is 0 Å². The van der Waals surface area contributed by atoms with Gasteiger partial charge < -0.3 is 9.63 Å². The van der Waals surface area contributed by atoms with Crippen molar-refractivity contribution < 1.29 is 9.63 Å². The van der Waals surface area contributed by atoms with Crippen LogP contribution in [0.1, 0.15) is 0 Å². The molecule has 0 saturated heterocycles. The third-order valence-electron chi connectivity index (χ3n) is 1.03. The van der Waals surface area contributed by atoms with Crippen LogP contribution in [0.15, 0.2) is 28.8 Å². The molecule has 0 heterocycles. The zero-order valence-corrected chi connectivity index (χ0v) is 7.69. The van der Waals surface area contributed by atoms with Crippen molar-refractivity contribution in [3.05, 3.63) is 24.3 Å². The minimum absolute atomic E-state index is 0.233. The Balaban J connectivity index is 2.66. The number of benzene rings is 1. The second-order valence-corrected chi connectivity index (χ2v) is 3.05. The van der Waals surface area contributed by atoms with Gasteiger partial charge in [0.25, 0.3) is 0 Å². The molecule has 0 fully saturated rings. The molecule has 0 spiro atoms. The highest BCUT2D eigenvalue weighted by Gasteiger charge is 1.90. The molecule has 0 aliphatic carbocycles. The summed E-state index contributed by atoms with van der Waals surface area (Å²) in [5.74, 6) is 0.924. The predicted octanol–water partition coefficient (Wildman–Crippen LogP) is 2.61. The number of phenolic OH excluding ortho intramolecular Hbond substituents is 1. The lowest BCUT2D eigenvalue weighted by Crippen LogP contribution is -1.72. The number of hydrogen-bond acceptors (Lipinski definition) is 3. The third kappa shape index (κ3) is 2.83. The molecular weight excluding hydrogens is 180 g/mol. The smallest absolute Gasteiger partial charge is 0.245 e. The van der Waals surface area contributed by atoms with Crippen LogP contribution < -0.4 is 4.52 Å². The Bertz CT molecular complexity index is 247. The highest BCUT2D eigenvalue weighted by Crippen LogP contribution is 2.20. The number of hydrogen-bond donors (Lipinski definition) is 1. The fraction of sp³-hybridized carbons (Fsp3) is 0. The maximum absolute atomic E-state index is 8.90. The lowest BCUT2D eigenvalue weighted by atomic mass is 10.3. The predicted molar refractivity (Wildman–Crippen MR) is 47.8 cm³/mol. The Hall–Kier alpha value is -0.650. The van der Waals surface area contributed by atoms with Crippen LogP contribution >= 0.6 is 18.0 Å². The van der Waals surface area contributed by atoms with E-state index in [-0.39, 0.29) is 5.75 Å². The first-order chi connectivity index (χ1) is 5.33. The molecule has 1 atom stereocenters. The molecule has 3 nitrogen and oxygen atoms in total. The second kappa shape index (κ2) is 4.27. The first-order valence-electron chi connectivity index (χ1n) is 2.89. The maximum Gasteiger partial charge on any atom is 0.245 e. The Morgan fingerprint density at radius 2 is 2.00 bits per heavy atom. The summed E-state index contributed by atoms with van der Waals surface area (Å²) in [5, 5.41) is 8.90. The summed E-state index contributed by atoms with van der Waals surface area (Å²) >= 11 is 0. The van der Waals surface area contributed by atoms with Crippen LogP contribution in [0, 0.1) is 0 Å². The van der Waals surface area contributed by atoms with E-state index in [4.69, 9.17) is 9.63 Å². The van der Waals surface area contributed by atoms with E-state index in [0.29, 0.717) is 14.3 Å². The van der Waals surface area contributed by atoms with Crippen molar-refractivity contribution >= 4 is 18.0 Å². The molecule has 1 unspecified atom stereocenters. The van der Waals surface area contributed by atoms with Gasteiger partial charge in [-0.2, -0.15) is 0 Å². The molecular formula is C6H7NO2P2. The van der Waals surface area contributed by atoms with Gasteiger partial charge in [-0.15, -0.1) is 0 Å². The van der Waals surface area contributed by atoms with Gasteiger partial charge in [-0.1, -0.05) is 0 Å². The lowest BCUT2D eigenvalue weighted by molar-refractivity contribution is 0.474. The number of phenols is 1. The molecule has 5 heteroatoms. The molecule has 0 aromatic heterocycles. The Labute approximate surface area is 68.6 Å². The molecule has 0 amide bonds. The number of nitrogens with zero attached hydrogens (tertiary/aromatic N) is 1. The molecule has 0 aliphatic rings. The molecule has 1 N–H and O–H groups in total.